The topological polar surface area (TPSA) is 21.3 Å². The Morgan fingerprint density at radius 2 is 1.67 bits per heavy atom. The molecule has 0 saturated carbocycles. The third kappa shape index (κ3) is 4.02. The van der Waals surface area contributed by atoms with Crippen LogP contribution in [0.15, 0.2) is 54.6 Å². The number of rotatable bonds is 4. The Bertz CT molecular complexity index is 559. The Morgan fingerprint density at radius 1 is 1.06 bits per heavy atom. The lowest BCUT2D eigenvalue weighted by Gasteiger charge is -2.21. The van der Waals surface area contributed by atoms with E-state index in [0.717, 1.165) is 11.4 Å². The number of nitrogens with one attached hydrogen (secondary N) is 1. The highest BCUT2D eigenvalue weighted by Gasteiger charge is 2.11. The minimum absolute atomic E-state index is 0.683. The monoisotopic (exact) mass is 297 g/mol. The van der Waals surface area contributed by atoms with E-state index in [2.05, 4.69) is 5.09 Å². The fourth-order valence-corrected chi connectivity index (χ4v) is 3.35. The van der Waals surface area contributed by atoms with Crippen LogP contribution >= 0.6 is 18.0 Å². The number of benzene rings is 2. The SMILES string of the molecule is CP(=S)(Nc1ccccc1)Oc1ccc(Cl)cc1. The van der Waals surface area contributed by atoms with Crippen molar-refractivity contribution in [2.45, 2.75) is 0 Å². The van der Waals surface area contributed by atoms with Crippen LogP contribution < -0.4 is 9.61 Å². The zero-order chi connectivity index (χ0) is 13.0. The number of para-hydroxylation sites is 1. The normalized spacial score (nSPS) is 13.7. The van der Waals surface area contributed by atoms with Gasteiger partial charge in [0.05, 0.1) is 0 Å². The Kier molecular flexibility index (Phi) is 4.28. The molecule has 5 heteroatoms. The predicted octanol–water partition coefficient (Wildman–Crippen LogP) is 4.77. The van der Waals surface area contributed by atoms with Gasteiger partial charge in [0, 0.05) is 17.4 Å². The molecule has 0 aliphatic rings. The lowest BCUT2D eigenvalue weighted by molar-refractivity contribution is 0.620. The molecule has 1 unspecified atom stereocenters. The second-order valence-corrected chi connectivity index (χ2v) is 8.49. The molecule has 0 aliphatic heterocycles. The fourth-order valence-electron chi connectivity index (χ4n) is 1.47. The molecule has 2 rings (SSSR count). The average molecular weight is 298 g/mol. The smallest absolute Gasteiger partial charge is 0.199 e. The van der Waals surface area contributed by atoms with E-state index in [1.807, 2.05) is 49.1 Å². The first-order chi connectivity index (χ1) is 8.55. The molecular weight excluding hydrogens is 285 g/mol. The van der Waals surface area contributed by atoms with Gasteiger partial charge in [0.15, 0.2) is 6.42 Å². The molecule has 18 heavy (non-hydrogen) atoms. The van der Waals surface area contributed by atoms with Crippen LogP contribution in [0, 0.1) is 0 Å². The second kappa shape index (κ2) is 5.75. The summed E-state index contributed by atoms with van der Waals surface area (Å²) in [4.78, 5) is 0. The van der Waals surface area contributed by atoms with Crippen LogP contribution in [0.3, 0.4) is 0 Å². The fraction of sp³-hybridized carbons (Fsp3) is 0.0769. The molecule has 1 N–H and O–H groups in total. The van der Waals surface area contributed by atoms with E-state index >= 15 is 0 Å². The van der Waals surface area contributed by atoms with Gasteiger partial charge in [0.2, 0.25) is 0 Å². The van der Waals surface area contributed by atoms with Crippen molar-refractivity contribution in [1.82, 2.24) is 0 Å². The summed E-state index contributed by atoms with van der Waals surface area (Å²) in [6.07, 6.45) is -2.11. The minimum atomic E-state index is -2.11. The average Bonchev–Trinajstić information content (AvgIpc) is 2.32. The highest BCUT2D eigenvalue weighted by molar-refractivity contribution is 8.12. The standard InChI is InChI=1S/C13H13ClNOPS/c1-17(18,15-12-5-3-2-4-6-12)16-13-9-7-11(14)8-10-13/h2-10H,1H3,(H,15,18). The summed E-state index contributed by atoms with van der Waals surface area (Å²) in [6, 6.07) is 17.0. The summed E-state index contributed by atoms with van der Waals surface area (Å²) in [5.41, 5.74) is 0.970. The Balaban J connectivity index is 2.08. The Morgan fingerprint density at radius 3 is 2.28 bits per heavy atom. The summed E-state index contributed by atoms with van der Waals surface area (Å²) in [5.74, 6) is 0.730. The first kappa shape index (κ1) is 13.4. The van der Waals surface area contributed by atoms with Crippen molar-refractivity contribution in [2.24, 2.45) is 0 Å². The first-order valence-electron chi connectivity index (χ1n) is 5.41. The number of hydrogen-bond donors (Lipinski definition) is 1. The summed E-state index contributed by atoms with van der Waals surface area (Å²) < 4.78 is 5.82. The van der Waals surface area contributed by atoms with Gasteiger partial charge in [0.1, 0.15) is 5.75 Å². The highest BCUT2D eigenvalue weighted by Crippen LogP contribution is 2.43. The van der Waals surface area contributed by atoms with Crippen LogP contribution in [0.4, 0.5) is 5.69 Å². The molecule has 0 radical (unpaired) electrons. The van der Waals surface area contributed by atoms with E-state index in [-0.39, 0.29) is 0 Å². The van der Waals surface area contributed by atoms with E-state index in [0.29, 0.717) is 5.02 Å². The van der Waals surface area contributed by atoms with Crippen molar-refractivity contribution in [2.75, 3.05) is 11.8 Å². The van der Waals surface area contributed by atoms with Gasteiger partial charge in [-0.1, -0.05) is 29.8 Å². The van der Waals surface area contributed by atoms with E-state index in [9.17, 15) is 0 Å². The van der Waals surface area contributed by atoms with E-state index < -0.39 is 6.42 Å². The number of anilines is 1. The molecule has 2 nitrogen and oxygen atoms in total. The molecule has 0 fully saturated rings. The molecule has 0 heterocycles. The summed E-state index contributed by atoms with van der Waals surface area (Å²) >= 11 is 11.3. The van der Waals surface area contributed by atoms with Crippen molar-refractivity contribution >= 4 is 35.5 Å². The zero-order valence-electron chi connectivity index (χ0n) is 9.84. The van der Waals surface area contributed by atoms with Gasteiger partial charge in [-0.3, -0.25) is 0 Å². The Labute approximate surface area is 117 Å². The second-order valence-electron chi connectivity index (χ2n) is 3.87. The molecule has 0 saturated heterocycles. The third-order valence-electron chi connectivity index (χ3n) is 2.20. The maximum absolute atomic E-state index is 5.82. The lowest BCUT2D eigenvalue weighted by atomic mass is 10.3. The quantitative estimate of drug-likeness (QED) is 0.821. The van der Waals surface area contributed by atoms with Crippen molar-refractivity contribution < 1.29 is 4.52 Å². The van der Waals surface area contributed by atoms with E-state index in [1.165, 1.54) is 0 Å². The third-order valence-corrected chi connectivity index (χ3v) is 4.17. The minimum Gasteiger partial charge on any atom is -0.449 e. The van der Waals surface area contributed by atoms with Crippen molar-refractivity contribution in [1.29, 1.82) is 0 Å². The first-order valence-corrected chi connectivity index (χ1v) is 8.96. The largest absolute Gasteiger partial charge is 0.449 e. The molecule has 0 bridgehead atoms. The van der Waals surface area contributed by atoms with Crippen molar-refractivity contribution in [3.8, 4) is 5.75 Å². The molecule has 1 atom stereocenters. The molecule has 2 aromatic carbocycles. The number of hydrogen-bond acceptors (Lipinski definition) is 2. The van der Waals surface area contributed by atoms with Gasteiger partial charge in [-0.15, -0.1) is 0 Å². The maximum atomic E-state index is 5.82. The lowest BCUT2D eigenvalue weighted by Crippen LogP contribution is -2.01. The van der Waals surface area contributed by atoms with Crippen LogP contribution in [-0.4, -0.2) is 6.66 Å². The molecule has 0 amide bonds. The van der Waals surface area contributed by atoms with E-state index in [4.69, 9.17) is 27.9 Å². The van der Waals surface area contributed by atoms with Gasteiger partial charge >= 0.3 is 0 Å². The maximum Gasteiger partial charge on any atom is 0.199 e. The van der Waals surface area contributed by atoms with Crippen LogP contribution in [-0.2, 0) is 11.8 Å². The van der Waals surface area contributed by atoms with Crippen LogP contribution in [0.5, 0.6) is 5.75 Å². The summed E-state index contributed by atoms with van der Waals surface area (Å²) in [7, 11) is 0. The van der Waals surface area contributed by atoms with Gasteiger partial charge in [0.25, 0.3) is 0 Å². The molecule has 0 spiro atoms. The molecule has 94 valence electrons. The molecular formula is C13H13ClNOPS. The molecule has 0 aliphatic carbocycles. The van der Waals surface area contributed by atoms with Crippen LogP contribution in [0.2, 0.25) is 5.02 Å². The van der Waals surface area contributed by atoms with Crippen LogP contribution in [0.1, 0.15) is 0 Å². The Hall–Kier alpha value is -1.02. The highest BCUT2D eigenvalue weighted by atomic mass is 35.5. The molecule has 2 aromatic rings. The van der Waals surface area contributed by atoms with Crippen LogP contribution in [0.25, 0.3) is 0 Å². The van der Waals surface area contributed by atoms with Gasteiger partial charge in [-0.25, -0.2) is 0 Å². The predicted molar refractivity (Wildman–Crippen MR) is 82.4 cm³/mol. The van der Waals surface area contributed by atoms with Gasteiger partial charge in [-0.2, -0.15) is 0 Å². The summed E-state index contributed by atoms with van der Waals surface area (Å²) in [6.45, 7) is 1.91. The van der Waals surface area contributed by atoms with Crippen molar-refractivity contribution in [3.05, 3.63) is 59.6 Å². The van der Waals surface area contributed by atoms with Crippen molar-refractivity contribution in [3.63, 3.8) is 0 Å². The van der Waals surface area contributed by atoms with Gasteiger partial charge < -0.3 is 9.61 Å². The molecule has 0 aromatic heterocycles. The number of halogens is 1. The zero-order valence-corrected chi connectivity index (χ0v) is 12.3. The summed E-state index contributed by atoms with van der Waals surface area (Å²) in [5, 5.41) is 3.94. The van der Waals surface area contributed by atoms with Gasteiger partial charge in [-0.05, 0) is 48.2 Å². The van der Waals surface area contributed by atoms with E-state index in [1.54, 1.807) is 12.1 Å².